The smallest absolute Gasteiger partial charge is 0.303 e. The second kappa shape index (κ2) is 11.7. The van der Waals surface area contributed by atoms with Crippen LogP contribution in [0.4, 0.5) is 0 Å². The van der Waals surface area contributed by atoms with Gasteiger partial charge in [-0.3, -0.25) is 19.2 Å². The van der Waals surface area contributed by atoms with Crippen LogP contribution in [0.15, 0.2) is 0 Å². The number of hydrogen-bond acceptors (Lipinski definition) is 10. The van der Waals surface area contributed by atoms with Crippen LogP contribution in [0.25, 0.3) is 0 Å². The quantitative estimate of drug-likeness (QED) is 0.227. The molecule has 0 aromatic carbocycles. The second-order valence-corrected chi connectivity index (χ2v) is 6.08. The van der Waals surface area contributed by atoms with Crippen LogP contribution in [-0.2, 0) is 47.6 Å². The molecule has 1 unspecified atom stereocenters. The van der Waals surface area contributed by atoms with Gasteiger partial charge >= 0.3 is 23.9 Å². The number of carbonyl (C=O) groups is 4. The van der Waals surface area contributed by atoms with Crippen molar-refractivity contribution in [2.75, 3.05) is 13.2 Å². The molecule has 1 aliphatic heterocycles. The molecule has 0 saturated carbocycles. The lowest BCUT2D eigenvalue weighted by molar-refractivity contribution is -0.308. The average Bonchev–Trinajstić information content (AvgIpc) is 2.57. The minimum absolute atomic E-state index is 0.171. The van der Waals surface area contributed by atoms with E-state index in [1.54, 1.807) is 0 Å². The van der Waals surface area contributed by atoms with E-state index < -0.39 is 54.6 Å². The first-order valence-corrected chi connectivity index (χ1v) is 8.77. The topological polar surface area (TPSA) is 124 Å². The largest absolute Gasteiger partial charge is 0.463 e. The molecule has 1 heterocycles. The van der Waals surface area contributed by atoms with E-state index in [-0.39, 0.29) is 13.2 Å². The lowest BCUT2D eigenvalue weighted by Crippen LogP contribution is -2.63. The summed E-state index contributed by atoms with van der Waals surface area (Å²) in [7, 11) is 5.45. The summed E-state index contributed by atoms with van der Waals surface area (Å²) in [4.78, 5) is 46.0. The molecule has 10 nitrogen and oxygen atoms in total. The third kappa shape index (κ3) is 7.85. The summed E-state index contributed by atoms with van der Waals surface area (Å²) in [6.45, 7) is 4.53. The number of hydrogen-bond donors (Lipinski definition) is 0. The maximum absolute atomic E-state index is 11.6. The summed E-state index contributed by atoms with van der Waals surface area (Å²) < 4.78 is 32.0. The van der Waals surface area contributed by atoms with Crippen molar-refractivity contribution in [1.29, 1.82) is 0 Å². The minimum atomic E-state index is -1.23. The number of carbonyl (C=O) groups excluding carboxylic acids is 4. The Morgan fingerprint density at radius 2 is 1.36 bits per heavy atom. The van der Waals surface area contributed by atoms with Gasteiger partial charge in [0.15, 0.2) is 24.6 Å². The predicted octanol–water partition coefficient (Wildman–Crippen LogP) is 0.0630. The molecule has 0 N–H and O–H groups in total. The van der Waals surface area contributed by atoms with E-state index in [4.69, 9.17) is 36.3 Å². The number of esters is 4. The molecule has 1 saturated heterocycles. The Kier molecular flexibility index (Phi) is 9.95. The first kappa shape index (κ1) is 23.9. The molecule has 156 valence electrons. The molecular weight excluding hydrogens is 375 g/mol. The zero-order chi connectivity index (χ0) is 21.3. The van der Waals surface area contributed by atoms with Crippen LogP contribution in [0.3, 0.4) is 0 Å². The van der Waals surface area contributed by atoms with Gasteiger partial charge in [0.25, 0.3) is 0 Å². The molecule has 0 aromatic rings. The van der Waals surface area contributed by atoms with Gasteiger partial charge in [0, 0.05) is 34.3 Å². The van der Waals surface area contributed by atoms with Gasteiger partial charge in [-0.25, -0.2) is 0 Å². The Morgan fingerprint density at radius 3 is 1.86 bits per heavy atom. The summed E-state index contributed by atoms with van der Waals surface area (Å²) >= 11 is 0. The first-order valence-electron chi connectivity index (χ1n) is 8.77. The van der Waals surface area contributed by atoms with Gasteiger partial charge in [0.05, 0.1) is 7.85 Å². The van der Waals surface area contributed by atoms with Crippen molar-refractivity contribution >= 4 is 31.7 Å². The Bertz CT molecular complexity index is 566. The molecular formula is C17H25BO10. The van der Waals surface area contributed by atoms with Crippen LogP contribution in [0, 0.1) is 0 Å². The lowest BCUT2D eigenvalue weighted by Gasteiger charge is -2.44. The molecule has 1 fully saturated rings. The van der Waals surface area contributed by atoms with Gasteiger partial charge in [-0.15, -0.1) is 0 Å². The highest BCUT2D eigenvalue weighted by Crippen LogP contribution is 2.30. The Balaban J connectivity index is 3.21. The Hall–Kier alpha value is -2.14. The maximum atomic E-state index is 11.6. The van der Waals surface area contributed by atoms with Crippen LogP contribution in [0.5, 0.6) is 0 Å². The van der Waals surface area contributed by atoms with E-state index in [0.29, 0.717) is 12.7 Å². The molecule has 0 amide bonds. The summed E-state index contributed by atoms with van der Waals surface area (Å²) in [6.07, 6.45) is -4.98. The highest BCUT2D eigenvalue weighted by molar-refractivity contribution is 6.08. The van der Waals surface area contributed by atoms with E-state index >= 15 is 0 Å². The fourth-order valence-electron chi connectivity index (χ4n) is 2.61. The van der Waals surface area contributed by atoms with Crippen molar-refractivity contribution in [1.82, 2.24) is 0 Å². The number of ether oxygens (including phenoxy) is 6. The van der Waals surface area contributed by atoms with Gasteiger partial charge in [-0.05, 0) is 6.42 Å². The van der Waals surface area contributed by atoms with Crippen LogP contribution in [-0.4, -0.2) is 75.6 Å². The van der Waals surface area contributed by atoms with Gasteiger partial charge in [0.1, 0.15) is 12.7 Å². The van der Waals surface area contributed by atoms with Crippen molar-refractivity contribution < 1.29 is 47.6 Å². The fourth-order valence-corrected chi connectivity index (χ4v) is 2.61. The van der Waals surface area contributed by atoms with Crippen molar-refractivity contribution in [2.45, 2.75) is 71.1 Å². The molecule has 5 atom stereocenters. The lowest BCUT2D eigenvalue weighted by atomic mass is 9.98. The molecule has 2 radical (unpaired) electrons. The van der Waals surface area contributed by atoms with E-state index in [1.807, 2.05) is 0 Å². The summed E-state index contributed by atoms with van der Waals surface area (Å²) in [5, 5.41) is 0. The monoisotopic (exact) mass is 400 g/mol. The third-order valence-corrected chi connectivity index (χ3v) is 3.58. The van der Waals surface area contributed by atoms with Gasteiger partial charge in [-0.2, -0.15) is 0 Å². The van der Waals surface area contributed by atoms with E-state index in [0.717, 1.165) is 20.8 Å². The SMILES string of the molecule is [B]CCCOC1O[C@H](COC(C)=O)[C@@H](OC(C)=O)[C@H](OC(C)=O)[C@@H]1OC(C)=O. The molecule has 28 heavy (non-hydrogen) atoms. The molecule has 0 aromatic heterocycles. The highest BCUT2D eigenvalue weighted by Gasteiger charge is 2.52. The van der Waals surface area contributed by atoms with Crippen molar-refractivity contribution in [3.05, 3.63) is 0 Å². The van der Waals surface area contributed by atoms with Crippen molar-refractivity contribution in [2.24, 2.45) is 0 Å². The van der Waals surface area contributed by atoms with Crippen molar-refractivity contribution in [3.63, 3.8) is 0 Å². The zero-order valence-corrected chi connectivity index (χ0v) is 16.4. The second-order valence-electron chi connectivity index (χ2n) is 6.08. The normalized spacial score (nSPS) is 26.8. The summed E-state index contributed by atoms with van der Waals surface area (Å²) in [5.41, 5.74) is 0. The Morgan fingerprint density at radius 1 is 0.821 bits per heavy atom. The molecule has 0 spiro atoms. The average molecular weight is 400 g/mol. The van der Waals surface area contributed by atoms with E-state index in [2.05, 4.69) is 0 Å². The predicted molar refractivity (Wildman–Crippen MR) is 93.1 cm³/mol. The van der Waals surface area contributed by atoms with Crippen LogP contribution in [0.2, 0.25) is 6.32 Å². The molecule has 1 rings (SSSR count). The van der Waals surface area contributed by atoms with Crippen molar-refractivity contribution in [3.8, 4) is 0 Å². The van der Waals surface area contributed by atoms with Crippen LogP contribution < -0.4 is 0 Å². The standard InChI is InChI=1S/C17H25BO10/c1-9(19)24-8-13-14(25-10(2)20)15(26-11(3)21)16(27-12(4)22)17(28-13)23-7-5-6-18/h13-17H,5-8H2,1-4H3/t13-,14-,15+,16+,17?/m1/s1. The fraction of sp³-hybridized carbons (Fsp3) is 0.765. The Labute approximate surface area is 164 Å². The third-order valence-electron chi connectivity index (χ3n) is 3.58. The molecule has 0 bridgehead atoms. The van der Waals surface area contributed by atoms with E-state index in [1.165, 1.54) is 6.92 Å². The highest BCUT2D eigenvalue weighted by atomic mass is 16.7. The maximum Gasteiger partial charge on any atom is 0.303 e. The molecule has 1 aliphatic rings. The zero-order valence-electron chi connectivity index (χ0n) is 16.4. The van der Waals surface area contributed by atoms with Gasteiger partial charge in [0.2, 0.25) is 0 Å². The summed E-state index contributed by atoms with van der Waals surface area (Å²) in [6, 6.07) is 0. The molecule has 11 heteroatoms. The van der Waals surface area contributed by atoms with Crippen LogP contribution >= 0.6 is 0 Å². The first-order chi connectivity index (χ1) is 13.1. The van der Waals surface area contributed by atoms with E-state index in [9.17, 15) is 19.2 Å². The molecule has 0 aliphatic carbocycles. The van der Waals surface area contributed by atoms with Gasteiger partial charge in [-0.1, -0.05) is 6.32 Å². The number of rotatable bonds is 9. The van der Waals surface area contributed by atoms with Crippen LogP contribution in [0.1, 0.15) is 34.1 Å². The van der Waals surface area contributed by atoms with Gasteiger partial charge < -0.3 is 28.4 Å². The summed E-state index contributed by atoms with van der Waals surface area (Å²) in [5.74, 6) is -2.66. The minimum Gasteiger partial charge on any atom is -0.463 e.